The summed E-state index contributed by atoms with van der Waals surface area (Å²) in [6.45, 7) is 3.81. The van der Waals surface area contributed by atoms with Gasteiger partial charge in [0.25, 0.3) is 0 Å². The molecule has 0 aliphatic heterocycles. The SMILES string of the molecule is COC(=O)c1sc(Nc2cccc(C)c2Br)nc1C. The van der Waals surface area contributed by atoms with Gasteiger partial charge in [0, 0.05) is 4.47 Å². The van der Waals surface area contributed by atoms with E-state index < -0.39 is 0 Å². The number of halogens is 1. The number of hydrogen-bond donors (Lipinski definition) is 1. The van der Waals surface area contributed by atoms with E-state index in [1.165, 1.54) is 18.4 Å². The number of benzene rings is 1. The fourth-order valence-corrected chi connectivity index (χ4v) is 2.85. The van der Waals surface area contributed by atoms with Crippen LogP contribution < -0.4 is 5.32 Å². The van der Waals surface area contributed by atoms with Crippen LogP contribution in [0.4, 0.5) is 10.8 Å². The predicted octanol–water partition coefficient (Wildman–Crippen LogP) is 4.05. The molecule has 1 aromatic carbocycles. The van der Waals surface area contributed by atoms with Crippen molar-refractivity contribution in [2.75, 3.05) is 12.4 Å². The number of esters is 1. The number of aromatic nitrogens is 1. The Kier molecular flexibility index (Phi) is 4.21. The average Bonchev–Trinajstić information content (AvgIpc) is 2.75. The van der Waals surface area contributed by atoms with E-state index in [9.17, 15) is 4.79 Å². The number of anilines is 2. The molecule has 0 aliphatic carbocycles. The van der Waals surface area contributed by atoms with Crippen LogP contribution in [0.3, 0.4) is 0 Å². The van der Waals surface area contributed by atoms with Crippen molar-refractivity contribution in [3.63, 3.8) is 0 Å². The van der Waals surface area contributed by atoms with E-state index in [-0.39, 0.29) is 5.97 Å². The maximum atomic E-state index is 11.5. The highest BCUT2D eigenvalue weighted by molar-refractivity contribution is 9.10. The zero-order valence-electron chi connectivity index (χ0n) is 10.8. The molecule has 19 heavy (non-hydrogen) atoms. The van der Waals surface area contributed by atoms with Gasteiger partial charge >= 0.3 is 5.97 Å². The predicted molar refractivity (Wildman–Crippen MR) is 80.4 cm³/mol. The Hall–Kier alpha value is -1.40. The molecule has 0 saturated heterocycles. The lowest BCUT2D eigenvalue weighted by atomic mass is 10.2. The summed E-state index contributed by atoms with van der Waals surface area (Å²) in [5, 5.41) is 3.88. The van der Waals surface area contributed by atoms with Crippen LogP contribution in [0.5, 0.6) is 0 Å². The lowest BCUT2D eigenvalue weighted by Gasteiger charge is -2.07. The maximum absolute atomic E-state index is 11.5. The molecular formula is C13H13BrN2O2S. The molecule has 4 nitrogen and oxygen atoms in total. The Morgan fingerprint density at radius 2 is 2.16 bits per heavy atom. The summed E-state index contributed by atoms with van der Waals surface area (Å²) < 4.78 is 5.71. The van der Waals surface area contributed by atoms with Gasteiger partial charge in [-0.15, -0.1) is 0 Å². The summed E-state index contributed by atoms with van der Waals surface area (Å²) in [6.07, 6.45) is 0. The molecule has 6 heteroatoms. The Bertz CT molecular complexity index is 625. The van der Waals surface area contributed by atoms with Crippen LogP contribution >= 0.6 is 27.3 Å². The minimum absolute atomic E-state index is 0.355. The van der Waals surface area contributed by atoms with E-state index in [2.05, 4.69) is 26.2 Å². The number of thiazole rings is 1. The highest BCUT2D eigenvalue weighted by Gasteiger charge is 2.16. The molecule has 0 unspecified atom stereocenters. The quantitative estimate of drug-likeness (QED) is 0.856. The molecule has 0 atom stereocenters. The standard InChI is InChI=1S/C13H13BrN2O2S/c1-7-5-4-6-9(10(7)14)16-13-15-8(2)11(19-13)12(17)18-3/h4-6H,1-3H3,(H,15,16). The van der Waals surface area contributed by atoms with Crippen molar-refractivity contribution in [2.45, 2.75) is 13.8 Å². The van der Waals surface area contributed by atoms with Crippen molar-refractivity contribution in [1.29, 1.82) is 0 Å². The van der Waals surface area contributed by atoms with Crippen LogP contribution in [0.2, 0.25) is 0 Å². The third-order valence-corrected chi connectivity index (χ3v) is 4.71. The summed E-state index contributed by atoms with van der Waals surface area (Å²) in [5.41, 5.74) is 2.72. The van der Waals surface area contributed by atoms with E-state index in [1.54, 1.807) is 6.92 Å². The van der Waals surface area contributed by atoms with Crippen LogP contribution in [0.25, 0.3) is 0 Å². The van der Waals surface area contributed by atoms with Gasteiger partial charge in [-0.3, -0.25) is 0 Å². The number of carbonyl (C=O) groups is 1. The van der Waals surface area contributed by atoms with Gasteiger partial charge in [-0.1, -0.05) is 23.5 Å². The van der Waals surface area contributed by atoms with Gasteiger partial charge in [-0.05, 0) is 41.4 Å². The summed E-state index contributed by atoms with van der Waals surface area (Å²) in [5.74, 6) is -0.355. The summed E-state index contributed by atoms with van der Waals surface area (Å²) >= 11 is 4.81. The van der Waals surface area contributed by atoms with Crippen molar-refractivity contribution in [1.82, 2.24) is 4.98 Å². The fourth-order valence-electron chi connectivity index (χ4n) is 1.59. The van der Waals surface area contributed by atoms with Crippen molar-refractivity contribution in [2.24, 2.45) is 0 Å². The van der Waals surface area contributed by atoms with Gasteiger partial charge in [0.2, 0.25) is 0 Å². The van der Waals surface area contributed by atoms with E-state index in [4.69, 9.17) is 4.74 Å². The summed E-state index contributed by atoms with van der Waals surface area (Å²) in [7, 11) is 1.37. The first-order valence-electron chi connectivity index (χ1n) is 5.60. The number of aryl methyl sites for hydroxylation is 2. The Morgan fingerprint density at radius 1 is 1.42 bits per heavy atom. The van der Waals surface area contributed by atoms with Crippen LogP contribution in [0, 0.1) is 13.8 Å². The highest BCUT2D eigenvalue weighted by atomic mass is 79.9. The lowest BCUT2D eigenvalue weighted by molar-refractivity contribution is 0.0605. The molecule has 2 aromatic rings. The van der Waals surface area contributed by atoms with Crippen molar-refractivity contribution in [3.05, 3.63) is 38.8 Å². The molecule has 100 valence electrons. The number of nitrogens with zero attached hydrogens (tertiary/aromatic N) is 1. The topological polar surface area (TPSA) is 51.2 Å². The van der Waals surface area contributed by atoms with Gasteiger partial charge < -0.3 is 10.1 Å². The number of methoxy groups -OCH3 is 1. The first-order chi connectivity index (χ1) is 9.02. The summed E-state index contributed by atoms with van der Waals surface area (Å²) in [4.78, 5) is 16.4. The van der Waals surface area contributed by atoms with Gasteiger partial charge in [0.15, 0.2) is 5.13 Å². The monoisotopic (exact) mass is 340 g/mol. The summed E-state index contributed by atoms with van der Waals surface area (Å²) in [6, 6.07) is 5.93. The number of hydrogen-bond acceptors (Lipinski definition) is 5. The third kappa shape index (κ3) is 2.96. The van der Waals surface area contributed by atoms with Crippen LogP contribution in [0.1, 0.15) is 20.9 Å². The van der Waals surface area contributed by atoms with Crippen molar-refractivity contribution in [3.8, 4) is 0 Å². The molecule has 2 rings (SSSR count). The number of rotatable bonds is 3. The second-order valence-electron chi connectivity index (χ2n) is 3.99. The number of carbonyl (C=O) groups excluding carboxylic acids is 1. The molecule has 0 spiro atoms. The molecule has 1 aromatic heterocycles. The fraction of sp³-hybridized carbons (Fsp3) is 0.231. The van der Waals surface area contributed by atoms with E-state index >= 15 is 0 Å². The molecule has 0 amide bonds. The molecule has 0 aliphatic rings. The van der Waals surface area contributed by atoms with Crippen LogP contribution in [0.15, 0.2) is 22.7 Å². The molecule has 0 fully saturated rings. The van der Waals surface area contributed by atoms with E-state index in [1.807, 2.05) is 25.1 Å². The van der Waals surface area contributed by atoms with Gasteiger partial charge in [0.1, 0.15) is 4.88 Å². The van der Waals surface area contributed by atoms with Crippen molar-refractivity contribution < 1.29 is 9.53 Å². The Morgan fingerprint density at radius 3 is 2.84 bits per heavy atom. The minimum atomic E-state index is -0.355. The van der Waals surface area contributed by atoms with Gasteiger partial charge in [-0.2, -0.15) is 0 Å². The highest BCUT2D eigenvalue weighted by Crippen LogP contribution is 2.31. The van der Waals surface area contributed by atoms with Gasteiger partial charge in [-0.25, -0.2) is 9.78 Å². The molecule has 1 N–H and O–H groups in total. The normalized spacial score (nSPS) is 10.3. The van der Waals surface area contributed by atoms with Crippen molar-refractivity contribution >= 4 is 44.1 Å². The zero-order chi connectivity index (χ0) is 14.0. The zero-order valence-corrected chi connectivity index (χ0v) is 13.2. The molecule has 0 saturated carbocycles. The molecule has 0 radical (unpaired) electrons. The Balaban J connectivity index is 2.29. The largest absolute Gasteiger partial charge is 0.465 e. The number of nitrogens with one attached hydrogen (secondary N) is 1. The molecule has 0 bridgehead atoms. The average molecular weight is 341 g/mol. The van der Waals surface area contributed by atoms with Gasteiger partial charge in [0.05, 0.1) is 18.5 Å². The minimum Gasteiger partial charge on any atom is -0.465 e. The second kappa shape index (κ2) is 5.71. The maximum Gasteiger partial charge on any atom is 0.350 e. The first kappa shape index (κ1) is 14.0. The van der Waals surface area contributed by atoms with E-state index in [0.29, 0.717) is 15.7 Å². The van der Waals surface area contributed by atoms with Crippen LogP contribution in [-0.4, -0.2) is 18.1 Å². The lowest BCUT2D eigenvalue weighted by Crippen LogP contribution is -1.99. The van der Waals surface area contributed by atoms with E-state index in [0.717, 1.165) is 15.7 Å². The first-order valence-corrected chi connectivity index (χ1v) is 7.21. The smallest absolute Gasteiger partial charge is 0.350 e. The molecular weight excluding hydrogens is 328 g/mol. The van der Waals surface area contributed by atoms with Crippen LogP contribution in [-0.2, 0) is 4.74 Å². The Labute approximate surface area is 124 Å². The molecule has 1 heterocycles. The third-order valence-electron chi connectivity index (χ3n) is 2.60. The second-order valence-corrected chi connectivity index (χ2v) is 5.78. The number of ether oxygens (including phenoxy) is 1.